The van der Waals surface area contributed by atoms with Gasteiger partial charge in [0.2, 0.25) is 0 Å². The second-order valence-electron chi connectivity index (χ2n) is 6.28. The highest BCUT2D eigenvalue weighted by Crippen LogP contribution is 2.37. The van der Waals surface area contributed by atoms with Gasteiger partial charge < -0.3 is 10.1 Å². The van der Waals surface area contributed by atoms with Gasteiger partial charge in [-0.1, -0.05) is 30.3 Å². The number of anilines is 1. The molecule has 8 heteroatoms. The molecule has 0 fully saturated rings. The summed E-state index contributed by atoms with van der Waals surface area (Å²) in [6, 6.07) is 10.4. The number of nitrogens with one attached hydrogen (secondary N) is 1. The summed E-state index contributed by atoms with van der Waals surface area (Å²) in [7, 11) is 1.65. The van der Waals surface area contributed by atoms with Gasteiger partial charge in [0, 0.05) is 24.1 Å². The van der Waals surface area contributed by atoms with Crippen LogP contribution in [0.15, 0.2) is 48.4 Å². The third-order valence-electron chi connectivity index (χ3n) is 4.15. The lowest BCUT2D eigenvalue weighted by Gasteiger charge is -2.16. The molecule has 1 atom stereocenters. The summed E-state index contributed by atoms with van der Waals surface area (Å²) in [4.78, 5) is 14.4. The number of nitrogens with zero attached hydrogens (tertiary/aromatic N) is 5. The number of hydrogen-bond donors (Lipinski definition) is 1. The van der Waals surface area contributed by atoms with E-state index < -0.39 is 0 Å². The Labute approximate surface area is 161 Å². The van der Waals surface area contributed by atoms with E-state index in [1.807, 2.05) is 18.2 Å². The first-order valence-electron chi connectivity index (χ1n) is 8.66. The van der Waals surface area contributed by atoms with Crippen LogP contribution in [0.25, 0.3) is 21.3 Å². The second kappa shape index (κ2) is 7.81. The molecule has 0 saturated heterocycles. The van der Waals surface area contributed by atoms with E-state index in [2.05, 4.69) is 44.8 Å². The monoisotopic (exact) mass is 380 g/mol. The van der Waals surface area contributed by atoms with Crippen molar-refractivity contribution in [3.05, 3.63) is 54.2 Å². The highest BCUT2D eigenvalue weighted by molar-refractivity contribution is 7.17. The summed E-state index contributed by atoms with van der Waals surface area (Å²) >= 11 is 1.62. The molecule has 0 unspecified atom stereocenters. The Morgan fingerprint density at radius 2 is 2.07 bits per heavy atom. The normalized spacial score (nSPS) is 12.4. The molecular formula is C19H20N6OS. The quantitative estimate of drug-likeness (QED) is 0.528. The zero-order valence-corrected chi connectivity index (χ0v) is 16.0. The number of rotatable bonds is 7. The molecule has 1 aromatic carbocycles. The largest absolute Gasteiger partial charge is 0.377 e. The van der Waals surface area contributed by atoms with Crippen LogP contribution in [0.4, 0.5) is 5.82 Å². The summed E-state index contributed by atoms with van der Waals surface area (Å²) in [5, 5.41) is 10.9. The zero-order valence-electron chi connectivity index (χ0n) is 15.2. The van der Waals surface area contributed by atoms with E-state index >= 15 is 0 Å². The van der Waals surface area contributed by atoms with Crippen LogP contribution in [-0.4, -0.2) is 37.9 Å². The minimum Gasteiger partial charge on any atom is -0.377 e. The summed E-state index contributed by atoms with van der Waals surface area (Å²) in [6.45, 7) is 3.16. The van der Waals surface area contributed by atoms with Gasteiger partial charge >= 0.3 is 0 Å². The van der Waals surface area contributed by atoms with E-state index in [-0.39, 0.29) is 6.04 Å². The average Bonchev–Trinajstić information content (AvgIpc) is 3.32. The van der Waals surface area contributed by atoms with Crippen molar-refractivity contribution in [3.8, 4) is 11.1 Å². The molecular weight excluding hydrogens is 360 g/mol. The minimum atomic E-state index is 0.115. The van der Waals surface area contributed by atoms with Gasteiger partial charge in [0.25, 0.3) is 0 Å². The number of methoxy groups -OCH3 is 1. The fraction of sp³-hybridized carbons (Fsp3) is 0.263. The molecule has 0 radical (unpaired) electrons. The van der Waals surface area contributed by atoms with Crippen LogP contribution in [0.5, 0.6) is 0 Å². The van der Waals surface area contributed by atoms with Crippen molar-refractivity contribution < 1.29 is 4.74 Å². The predicted octanol–water partition coefficient (Wildman–Crippen LogP) is 3.60. The van der Waals surface area contributed by atoms with E-state index in [0.717, 1.165) is 27.2 Å². The minimum absolute atomic E-state index is 0.115. The van der Waals surface area contributed by atoms with E-state index in [1.165, 1.54) is 0 Å². The molecule has 3 heterocycles. The summed E-state index contributed by atoms with van der Waals surface area (Å²) in [5.74, 6) is 1.49. The van der Waals surface area contributed by atoms with Crippen LogP contribution in [0, 0.1) is 0 Å². The van der Waals surface area contributed by atoms with Gasteiger partial charge in [0.05, 0.1) is 11.9 Å². The molecule has 3 aromatic heterocycles. The second-order valence-corrected chi connectivity index (χ2v) is 7.14. The molecule has 1 N–H and O–H groups in total. The van der Waals surface area contributed by atoms with Crippen LogP contribution in [0.3, 0.4) is 0 Å². The van der Waals surface area contributed by atoms with Crippen molar-refractivity contribution >= 4 is 27.4 Å². The number of hydrogen-bond acceptors (Lipinski definition) is 7. The molecule has 0 saturated carbocycles. The first-order valence-corrected chi connectivity index (χ1v) is 9.54. The Morgan fingerprint density at radius 3 is 2.81 bits per heavy atom. The van der Waals surface area contributed by atoms with E-state index in [1.54, 1.807) is 35.8 Å². The molecule has 138 valence electrons. The summed E-state index contributed by atoms with van der Waals surface area (Å²) < 4.78 is 7.05. The molecule has 0 aliphatic carbocycles. The third-order valence-corrected chi connectivity index (χ3v) is 5.02. The van der Waals surface area contributed by atoms with Crippen LogP contribution in [0.2, 0.25) is 0 Å². The van der Waals surface area contributed by atoms with E-state index in [4.69, 9.17) is 9.72 Å². The predicted molar refractivity (Wildman–Crippen MR) is 107 cm³/mol. The molecule has 4 rings (SSSR count). The first-order chi connectivity index (χ1) is 13.2. The summed E-state index contributed by atoms with van der Waals surface area (Å²) in [6.07, 6.45) is 3.25. The van der Waals surface area contributed by atoms with Crippen molar-refractivity contribution in [3.63, 3.8) is 0 Å². The topological polar surface area (TPSA) is 77.8 Å². The van der Waals surface area contributed by atoms with Crippen LogP contribution < -0.4 is 5.32 Å². The van der Waals surface area contributed by atoms with Gasteiger partial charge in [-0.3, -0.25) is 4.68 Å². The third kappa shape index (κ3) is 3.81. The van der Waals surface area contributed by atoms with Crippen LogP contribution >= 0.6 is 11.3 Å². The molecule has 7 nitrogen and oxygen atoms in total. The summed E-state index contributed by atoms with van der Waals surface area (Å²) in [5.41, 5.74) is 2.29. The van der Waals surface area contributed by atoms with Crippen molar-refractivity contribution in [2.24, 2.45) is 0 Å². The highest BCUT2D eigenvalue weighted by atomic mass is 32.1. The average molecular weight is 380 g/mol. The molecule has 0 bridgehead atoms. The first kappa shape index (κ1) is 17.6. The number of thiophene rings is 1. The van der Waals surface area contributed by atoms with Gasteiger partial charge in [-0.25, -0.2) is 15.0 Å². The van der Waals surface area contributed by atoms with E-state index in [0.29, 0.717) is 19.0 Å². The maximum atomic E-state index is 5.24. The number of fused-ring (bicyclic) bond motifs is 1. The highest BCUT2D eigenvalue weighted by Gasteiger charge is 2.17. The van der Waals surface area contributed by atoms with Gasteiger partial charge in [0.15, 0.2) is 5.82 Å². The number of benzene rings is 1. The lowest BCUT2D eigenvalue weighted by atomic mass is 10.1. The molecule has 27 heavy (non-hydrogen) atoms. The van der Waals surface area contributed by atoms with Crippen LogP contribution in [0.1, 0.15) is 12.7 Å². The maximum Gasteiger partial charge on any atom is 0.158 e. The van der Waals surface area contributed by atoms with Gasteiger partial charge in [-0.2, -0.15) is 5.10 Å². The molecule has 0 spiro atoms. The van der Waals surface area contributed by atoms with E-state index in [9.17, 15) is 0 Å². The smallest absolute Gasteiger partial charge is 0.158 e. The Hall–Kier alpha value is -2.84. The Kier molecular flexibility index (Phi) is 5.08. The molecule has 0 aliphatic heterocycles. The fourth-order valence-electron chi connectivity index (χ4n) is 3.00. The standard InChI is InChI=1S/C19H20N6OS/c1-13(8-25-12-20-11-21-25)22-18-17-15(14-6-4-3-5-7-14)10-27-19(17)24-16(23-18)9-26-2/h3-7,10-13H,8-9H2,1-2H3,(H,22,23,24)/t13-/m0/s1. The lowest BCUT2D eigenvalue weighted by molar-refractivity contribution is 0.178. The Bertz CT molecular complexity index is 1020. The van der Waals surface area contributed by atoms with Gasteiger partial charge in [-0.15, -0.1) is 11.3 Å². The molecule has 4 aromatic rings. The van der Waals surface area contributed by atoms with Crippen molar-refractivity contribution in [1.29, 1.82) is 0 Å². The fourth-order valence-corrected chi connectivity index (χ4v) is 3.97. The Morgan fingerprint density at radius 1 is 1.22 bits per heavy atom. The van der Waals surface area contributed by atoms with Crippen molar-refractivity contribution in [2.75, 3.05) is 12.4 Å². The molecule has 0 aliphatic rings. The van der Waals surface area contributed by atoms with Gasteiger partial charge in [-0.05, 0) is 12.5 Å². The molecule has 0 amide bonds. The van der Waals surface area contributed by atoms with Crippen molar-refractivity contribution in [2.45, 2.75) is 26.1 Å². The lowest BCUT2D eigenvalue weighted by Crippen LogP contribution is -2.23. The number of aromatic nitrogens is 5. The maximum absolute atomic E-state index is 5.24. The van der Waals surface area contributed by atoms with Crippen LogP contribution in [-0.2, 0) is 17.9 Å². The number of ether oxygens (including phenoxy) is 1. The SMILES string of the molecule is COCc1nc(N[C@@H](C)Cn2cncn2)c2c(-c3ccccc3)csc2n1. The Balaban J connectivity index is 1.74. The van der Waals surface area contributed by atoms with Crippen molar-refractivity contribution in [1.82, 2.24) is 24.7 Å². The van der Waals surface area contributed by atoms with Gasteiger partial charge in [0.1, 0.15) is 29.9 Å². The zero-order chi connectivity index (χ0) is 18.6.